The largest absolute Gasteiger partial charge is 0.477 e. The fourth-order valence-corrected chi connectivity index (χ4v) is 3.75. The number of ketones is 1. The Morgan fingerprint density at radius 1 is 1.17 bits per heavy atom. The normalized spacial score (nSPS) is 11.1. The minimum absolute atomic E-state index is 0.0689. The van der Waals surface area contributed by atoms with Crippen molar-refractivity contribution in [2.45, 2.75) is 68.4 Å². The molecule has 0 spiro atoms. The van der Waals surface area contributed by atoms with Crippen molar-refractivity contribution in [1.82, 2.24) is 9.78 Å². The number of ether oxygens (including phenoxy) is 1. The second-order valence-electron chi connectivity index (χ2n) is 8.24. The first-order valence-corrected chi connectivity index (χ1v) is 10.7. The fourth-order valence-electron chi connectivity index (χ4n) is 3.41. The zero-order valence-corrected chi connectivity index (χ0v) is 19.7. The quantitative estimate of drug-likeness (QED) is 0.453. The number of allylic oxidation sites excluding steroid dienone is 2. The Labute approximate surface area is 179 Å². The SMILES string of the molecule is CCCOc1c(C(=O)c2ccc(Cl)c(C(C)=C(C)C)c2C)c(C)nn1CC(C)C. The molecule has 2 rings (SSSR count). The molecule has 1 heterocycles. The van der Waals surface area contributed by atoms with E-state index in [0.717, 1.165) is 23.1 Å². The summed E-state index contributed by atoms with van der Waals surface area (Å²) in [6.45, 7) is 17.5. The Kier molecular flexibility index (Phi) is 7.70. The second kappa shape index (κ2) is 9.62. The van der Waals surface area contributed by atoms with Gasteiger partial charge in [-0.05, 0) is 75.8 Å². The van der Waals surface area contributed by atoms with Gasteiger partial charge in [-0.2, -0.15) is 5.10 Å². The standard InChI is InChI=1S/C24H33ClN2O2/c1-9-12-29-24-22(18(8)26-27(24)13-14(2)3)23(28)19-10-11-20(25)21(17(19)7)16(6)15(4)5/h10-11,14H,9,12-13H2,1-8H3. The Bertz CT molecular complexity index is 935. The van der Waals surface area contributed by atoms with E-state index < -0.39 is 0 Å². The van der Waals surface area contributed by atoms with E-state index in [4.69, 9.17) is 16.3 Å². The molecule has 0 aliphatic heterocycles. The maximum absolute atomic E-state index is 13.6. The van der Waals surface area contributed by atoms with Crippen molar-refractivity contribution in [3.8, 4) is 5.88 Å². The minimum Gasteiger partial charge on any atom is -0.477 e. The molecule has 0 aliphatic rings. The topological polar surface area (TPSA) is 44.1 Å². The van der Waals surface area contributed by atoms with Crippen LogP contribution in [0.2, 0.25) is 5.02 Å². The summed E-state index contributed by atoms with van der Waals surface area (Å²) in [5, 5.41) is 5.28. The number of nitrogens with zero attached hydrogens (tertiary/aromatic N) is 2. The third kappa shape index (κ3) is 4.92. The molecule has 0 aliphatic carbocycles. The molecule has 5 heteroatoms. The van der Waals surface area contributed by atoms with Crippen LogP contribution in [0.15, 0.2) is 17.7 Å². The van der Waals surface area contributed by atoms with Gasteiger partial charge >= 0.3 is 0 Å². The highest BCUT2D eigenvalue weighted by Gasteiger charge is 2.27. The molecule has 2 aromatic rings. The molecule has 0 bridgehead atoms. The molecule has 1 aromatic carbocycles. The summed E-state index contributed by atoms with van der Waals surface area (Å²) >= 11 is 6.50. The summed E-state index contributed by atoms with van der Waals surface area (Å²) in [7, 11) is 0. The van der Waals surface area contributed by atoms with Gasteiger partial charge in [-0.15, -0.1) is 0 Å². The van der Waals surface area contributed by atoms with Gasteiger partial charge in [-0.3, -0.25) is 4.79 Å². The summed E-state index contributed by atoms with van der Waals surface area (Å²) in [5.41, 5.74) is 5.96. The van der Waals surface area contributed by atoms with Gasteiger partial charge in [-0.25, -0.2) is 4.68 Å². The van der Waals surface area contributed by atoms with Crippen molar-refractivity contribution < 1.29 is 9.53 Å². The third-order valence-electron chi connectivity index (χ3n) is 5.07. The molecule has 0 unspecified atom stereocenters. The van der Waals surface area contributed by atoms with Crippen molar-refractivity contribution in [1.29, 1.82) is 0 Å². The molecule has 0 amide bonds. The van der Waals surface area contributed by atoms with E-state index in [1.165, 1.54) is 5.57 Å². The van der Waals surface area contributed by atoms with Crippen LogP contribution in [0.5, 0.6) is 5.88 Å². The number of hydrogen-bond acceptors (Lipinski definition) is 3. The lowest BCUT2D eigenvalue weighted by Crippen LogP contribution is -2.12. The van der Waals surface area contributed by atoms with Crippen LogP contribution in [0.25, 0.3) is 5.57 Å². The highest BCUT2D eigenvalue weighted by Crippen LogP contribution is 2.34. The summed E-state index contributed by atoms with van der Waals surface area (Å²) in [6, 6.07) is 3.62. The van der Waals surface area contributed by atoms with Gasteiger partial charge in [0.05, 0.1) is 12.3 Å². The van der Waals surface area contributed by atoms with Crippen molar-refractivity contribution in [2.75, 3.05) is 6.61 Å². The smallest absolute Gasteiger partial charge is 0.223 e. The molecule has 0 radical (unpaired) electrons. The molecule has 0 saturated heterocycles. The van der Waals surface area contributed by atoms with Gasteiger partial charge in [0, 0.05) is 17.1 Å². The number of aromatic nitrogens is 2. The maximum atomic E-state index is 13.6. The van der Waals surface area contributed by atoms with Crippen molar-refractivity contribution in [2.24, 2.45) is 5.92 Å². The van der Waals surface area contributed by atoms with Gasteiger partial charge in [0.1, 0.15) is 5.56 Å². The minimum atomic E-state index is -0.0689. The van der Waals surface area contributed by atoms with Crippen LogP contribution in [0.4, 0.5) is 0 Å². The van der Waals surface area contributed by atoms with E-state index in [2.05, 4.69) is 39.7 Å². The lowest BCUT2D eigenvalue weighted by Gasteiger charge is -2.16. The number of benzene rings is 1. The Morgan fingerprint density at radius 3 is 2.38 bits per heavy atom. The number of rotatable bonds is 8. The average molecular weight is 417 g/mol. The van der Waals surface area contributed by atoms with E-state index in [9.17, 15) is 4.79 Å². The summed E-state index contributed by atoms with van der Waals surface area (Å²) in [5.74, 6) is 0.892. The molecule has 0 N–H and O–H groups in total. The number of aryl methyl sites for hydroxylation is 1. The monoisotopic (exact) mass is 416 g/mol. The van der Waals surface area contributed by atoms with Crippen molar-refractivity contribution in [3.05, 3.63) is 50.7 Å². The summed E-state index contributed by atoms with van der Waals surface area (Å²) in [6.07, 6.45) is 0.865. The third-order valence-corrected chi connectivity index (χ3v) is 5.39. The first kappa shape index (κ1) is 23.2. The van der Waals surface area contributed by atoms with Gasteiger partial charge in [0.25, 0.3) is 0 Å². The molecular formula is C24H33ClN2O2. The zero-order valence-electron chi connectivity index (χ0n) is 18.9. The van der Waals surface area contributed by atoms with E-state index in [0.29, 0.717) is 46.8 Å². The van der Waals surface area contributed by atoms with Crippen LogP contribution in [0, 0.1) is 19.8 Å². The molecular weight excluding hydrogens is 384 g/mol. The van der Waals surface area contributed by atoms with Crippen molar-refractivity contribution in [3.63, 3.8) is 0 Å². The zero-order chi connectivity index (χ0) is 21.9. The first-order chi connectivity index (χ1) is 13.6. The highest BCUT2D eigenvalue weighted by molar-refractivity contribution is 6.32. The number of carbonyl (C=O) groups excluding carboxylic acids is 1. The van der Waals surface area contributed by atoms with Crippen LogP contribution < -0.4 is 4.74 Å². The molecule has 158 valence electrons. The van der Waals surface area contributed by atoms with Crippen LogP contribution in [0.3, 0.4) is 0 Å². The Hall–Kier alpha value is -2.07. The number of hydrogen-bond donors (Lipinski definition) is 0. The van der Waals surface area contributed by atoms with E-state index in [1.807, 2.05) is 37.6 Å². The molecule has 29 heavy (non-hydrogen) atoms. The van der Waals surface area contributed by atoms with E-state index >= 15 is 0 Å². The predicted octanol–water partition coefficient (Wildman–Crippen LogP) is 6.64. The van der Waals surface area contributed by atoms with E-state index in [1.54, 1.807) is 0 Å². The van der Waals surface area contributed by atoms with Gasteiger partial charge in [0.2, 0.25) is 11.7 Å². The second-order valence-corrected chi connectivity index (χ2v) is 8.65. The Morgan fingerprint density at radius 2 is 1.83 bits per heavy atom. The highest BCUT2D eigenvalue weighted by atomic mass is 35.5. The predicted molar refractivity (Wildman–Crippen MR) is 121 cm³/mol. The van der Waals surface area contributed by atoms with Crippen LogP contribution >= 0.6 is 11.6 Å². The maximum Gasteiger partial charge on any atom is 0.223 e. The first-order valence-electron chi connectivity index (χ1n) is 10.3. The molecule has 4 nitrogen and oxygen atoms in total. The summed E-state index contributed by atoms with van der Waals surface area (Å²) in [4.78, 5) is 13.6. The van der Waals surface area contributed by atoms with Gasteiger partial charge < -0.3 is 4.74 Å². The molecule has 0 saturated carbocycles. The van der Waals surface area contributed by atoms with Crippen LogP contribution in [-0.4, -0.2) is 22.2 Å². The van der Waals surface area contributed by atoms with Crippen LogP contribution in [0.1, 0.15) is 80.7 Å². The lowest BCUT2D eigenvalue weighted by atomic mass is 9.91. The molecule has 1 aromatic heterocycles. The fraction of sp³-hybridized carbons (Fsp3) is 0.500. The number of halogens is 1. The average Bonchev–Trinajstić information content (AvgIpc) is 2.93. The number of carbonyl (C=O) groups is 1. The Balaban J connectivity index is 2.65. The summed E-state index contributed by atoms with van der Waals surface area (Å²) < 4.78 is 7.84. The lowest BCUT2D eigenvalue weighted by molar-refractivity contribution is 0.103. The molecule has 0 fully saturated rings. The van der Waals surface area contributed by atoms with Crippen LogP contribution in [-0.2, 0) is 6.54 Å². The van der Waals surface area contributed by atoms with Gasteiger partial charge in [-0.1, -0.05) is 37.9 Å². The van der Waals surface area contributed by atoms with E-state index in [-0.39, 0.29) is 5.78 Å². The molecule has 0 atom stereocenters. The van der Waals surface area contributed by atoms with Crippen molar-refractivity contribution >= 4 is 23.0 Å². The van der Waals surface area contributed by atoms with Gasteiger partial charge in [0.15, 0.2) is 0 Å².